The van der Waals surface area contributed by atoms with Crippen LogP contribution in [0, 0.1) is 5.82 Å². The van der Waals surface area contributed by atoms with Crippen molar-refractivity contribution in [2.75, 3.05) is 0 Å². The van der Waals surface area contributed by atoms with Gasteiger partial charge in [0.25, 0.3) is 0 Å². The second kappa shape index (κ2) is 4.03. The molecule has 1 aromatic carbocycles. The molecule has 0 amide bonds. The molecule has 15 heavy (non-hydrogen) atoms. The zero-order valence-corrected chi connectivity index (χ0v) is 8.98. The molecule has 0 saturated carbocycles. The fraction of sp³-hybridized carbons (Fsp3) is 0.182. The van der Waals surface area contributed by atoms with E-state index in [2.05, 4.69) is 9.97 Å². The van der Waals surface area contributed by atoms with E-state index in [1.807, 2.05) is 6.92 Å². The van der Waals surface area contributed by atoms with Crippen LogP contribution in [0.15, 0.2) is 24.4 Å². The molecule has 0 aliphatic rings. The van der Waals surface area contributed by atoms with E-state index < -0.39 is 5.82 Å². The average molecular weight is 225 g/mol. The maximum absolute atomic E-state index is 13.2. The number of rotatable bonds is 2. The van der Waals surface area contributed by atoms with E-state index in [9.17, 15) is 4.39 Å². The van der Waals surface area contributed by atoms with Crippen molar-refractivity contribution in [2.24, 2.45) is 0 Å². The smallest absolute Gasteiger partial charge is 0.142 e. The summed E-state index contributed by atoms with van der Waals surface area (Å²) in [6, 6.07) is 4.67. The van der Waals surface area contributed by atoms with Crippen molar-refractivity contribution < 1.29 is 4.39 Å². The summed E-state index contributed by atoms with van der Waals surface area (Å²) in [7, 11) is 0. The van der Waals surface area contributed by atoms with Crippen molar-refractivity contribution in [2.45, 2.75) is 13.3 Å². The van der Waals surface area contributed by atoms with Crippen LogP contribution in [-0.4, -0.2) is 9.97 Å². The maximum Gasteiger partial charge on any atom is 0.142 e. The number of halogens is 2. The van der Waals surface area contributed by atoms with Crippen molar-refractivity contribution in [1.82, 2.24) is 9.97 Å². The van der Waals surface area contributed by atoms with Gasteiger partial charge in [-0.1, -0.05) is 24.6 Å². The van der Waals surface area contributed by atoms with E-state index in [1.165, 1.54) is 12.1 Å². The highest BCUT2D eigenvalue weighted by Gasteiger charge is 2.06. The number of aromatic nitrogens is 2. The Labute approximate surface area is 92.1 Å². The Morgan fingerprint density at radius 1 is 1.47 bits per heavy atom. The molecule has 78 valence electrons. The molecule has 4 heteroatoms. The Morgan fingerprint density at radius 2 is 2.27 bits per heavy atom. The van der Waals surface area contributed by atoms with Gasteiger partial charge in [-0.2, -0.15) is 0 Å². The van der Waals surface area contributed by atoms with Crippen LogP contribution in [0.2, 0.25) is 5.02 Å². The predicted molar refractivity (Wildman–Crippen MR) is 58.4 cm³/mol. The summed E-state index contributed by atoms with van der Waals surface area (Å²) in [4.78, 5) is 7.33. The second-order valence-electron chi connectivity index (χ2n) is 3.21. The summed E-state index contributed by atoms with van der Waals surface area (Å²) < 4.78 is 13.2. The third-order valence-corrected chi connectivity index (χ3v) is 2.49. The first kappa shape index (κ1) is 10.2. The minimum absolute atomic E-state index is 0.130. The topological polar surface area (TPSA) is 28.7 Å². The highest BCUT2D eigenvalue weighted by molar-refractivity contribution is 6.30. The average Bonchev–Trinajstić information content (AvgIpc) is 2.70. The first-order chi connectivity index (χ1) is 7.20. The van der Waals surface area contributed by atoms with Gasteiger partial charge in [-0.25, -0.2) is 9.37 Å². The minimum atomic E-state index is -0.421. The summed E-state index contributed by atoms with van der Waals surface area (Å²) >= 11 is 5.60. The first-order valence-corrected chi connectivity index (χ1v) is 5.08. The Bertz CT molecular complexity index is 479. The summed E-state index contributed by atoms with van der Waals surface area (Å²) in [6.45, 7) is 2.01. The van der Waals surface area contributed by atoms with Gasteiger partial charge in [0.1, 0.15) is 11.6 Å². The molecule has 0 fully saturated rings. The zero-order valence-electron chi connectivity index (χ0n) is 8.22. The van der Waals surface area contributed by atoms with Gasteiger partial charge >= 0.3 is 0 Å². The normalized spacial score (nSPS) is 10.6. The molecule has 2 aromatic rings. The summed E-state index contributed by atoms with van der Waals surface area (Å²) in [5.41, 5.74) is 1.47. The van der Waals surface area contributed by atoms with Crippen LogP contribution in [0.3, 0.4) is 0 Å². The molecular weight excluding hydrogens is 215 g/mol. The molecule has 0 bridgehead atoms. The van der Waals surface area contributed by atoms with Crippen LogP contribution in [0.25, 0.3) is 11.3 Å². The van der Waals surface area contributed by atoms with Gasteiger partial charge in [0.05, 0.1) is 10.7 Å². The van der Waals surface area contributed by atoms with Gasteiger partial charge in [-0.15, -0.1) is 0 Å². The highest BCUT2D eigenvalue weighted by atomic mass is 35.5. The zero-order chi connectivity index (χ0) is 10.8. The largest absolute Gasteiger partial charge is 0.348 e. The minimum Gasteiger partial charge on any atom is -0.348 e. The van der Waals surface area contributed by atoms with E-state index in [1.54, 1.807) is 12.3 Å². The molecule has 0 atom stereocenters. The molecule has 0 aliphatic heterocycles. The Balaban J connectivity index is 2.40. The van der Waals surface area contributed by atoms with Gasteiger partial charge in [0.15, 0.2) is 0 Å². The van der Waals surface area contributed by atoms with Crippen molar-refractivity contribution in [3.8, 4) is 11.3 Å². The third-order valence-electron chi connectivity index (χ3n) is 2.18. The molecular formula is C11H10ClFN2. The molecule has 0 radical (unpaired) electrons. The number of hydrogen-bond donors (Lipinski definition) is 1. The standard InChI is InChI=1S/C11H10ClFN2/c1-2-11-14-6-10(15-11)7-3-4-8(12)9(13)5-7/h3-6H,2H2,1H3,(H,14,15). The maximum atomic E-state index is 13.2. The molecule has 1 aromatic heterocycles. The number of imidazole rings is 1. The fourth-order valence-electron chi connectivity index (χ4n) is 1.35. The van der Waals surface area contributed by atoms with Crippen molar-refractivity contribution in [1.29, 1.82) is 0 Å². The SMILES string of the molecule is CCc1nc(-c2ccc(Cl)c(F)c2)c[nH]1. The van der Waals surface area contributed by atoms with Gasteiger partial charge in [0.2, 0.25) is 0 Å². The van der Waals surface area contributed by atoms with E-state index in [-0.39, 0.29) is 5.02 Å². The van der Waals surface area contributed by atoms with E-state index in [0.29, 0.717) is 0 Å². The molecule has 0 saturated heterocycles. The Hall–Kier alpha value is -1.35. The molecule has 1 N–H and O–H groups in total. The second-order valence-corrected chi connectivity index (χ2v) is 3.62. The lowest BCUT2D eigenvalue weighted by Gasteiger charge is -1.98. The number of nitrogens with one attached hydrogen (secondary N) is 1. The number of aryl methyl sites for hydroxylation is 1. The molecule has 0 unspecified atom stereocenters. The molecule has 0 spiro atoms. The Kier molecular flexibility index (Phi) is 2.73. The fourth-order valence-corrected chi connectivity index (χ4v) is 1.46. The third kappa shape index (κ3) is 2.02. The van der Waals surface area contributed by atoms with Gasteiger partial charge < -0.3 is 4.98 Å². The number of H-pyrrole nitrogens is 1. The summed E-state index contributed by atoms with van der Waals surface area (Å²) in [6.07, 6.45) is 2.59. The van der Waals surface area contributed by atoms with Gasteiger partial charge in [-0.05, 0) is 12.1 Å². The quantitative estimate of drug-likeness (QED) is 0.832. The van der Waals surface area contributed by atoms with Crippen LogP contribution in [-0.2, 0) is 6.42 Å². The van der Waals surface area contributed by atoms with E-state index >= 15 is 0 Å². The summed E-state index contributed by atoms with van der Waals surface area (Å²) in [5, 5.41) is 0.130. The van der Waals surface area contributed by atoms with E-state index in [0.717, 1.165) is 23.5 Å². The van der Waals surface area contributed by atoms with Gasteiger partial charge in [0, 0.05) is 18.2 Å². The highest BCUT2D eigenvalue weighted by Crippen LogP contribution is 2.22. The van der Waals surface area contributed by atoms with Crippen molar-refractivity contribution >= 4 is 11.6 Å². The van der Waals surface area contributed by atoms with Crippen LogP contribution >= 0.6 is 11.6 Å². The van der Waals surface area contributed by atoms with Crippen LogP contribution in [0.5, 0.6) is 0 Å². The Morgan fingerprint density at radius 3 is 2.87 bits per heavy atom. The number of benzene rings is 1. The van der Waals surface area contributed by atoms with Crippen LogP contribution in [0.4, 0.5) is 4.39 Å². The van der Waals surface area contributed by atoms with E-state index in [4.69, 9.17) is 11.6 Å². The predicted octanol–water partition coefficient (Wildman–Crippen LogP) is 3.43. The summed E-state index contributed by atoms with van der Waals surface area (Å²) in [5.74, 6) is 0.468. The van der Waals surface area contributed by atoms with Crippen LogP contribution in [0.1, 0.15) is 12.7 Å². The van der Waals surface area contributed by atoms with Crippen LogP contribution < -0.4 is 0 Å². The molecule has 0 aliphatic carbocycles. The van der Waals surface area contributed by atoms with Crippen molar-refractivity contribution in [3.05, 3.63) is 41.1 Å². The lowest BCUT2D eigenvalue weighted by atomic mass is 10.2. The number of aromatic amines is 1. The lowest BCUT2D eigenvalue weighted by molar-refractivity contribution is 0.628. The lowest BCUT2D eigenvalue weighted by Crippen LogP contribution is -1.84. The molecule has 1 heterocycles. The molecule has 2 nitrogen and oxygen atoms in total. The monoisotopic (exact) mass is 224 g/mol. The first-order valence-electron chi connectivity index (χ1n) is 4.70. The number of nitrogens with zero attached hydrogens (tertiary/aromatic N) is 1. The van der Waals surface area contributed by atoms with Crippen molar-refractivity contribution in [3.63, 3.8) is 0 Å². The number of hydrogen-bond acceptors (Lipinski definition) is 1. The molecule has 2 rings (SSSR count). The van der Waals surface area contributed by atoms with Gasteiger partial charge in [-0.3, -0.25) is 0 Å².